The van der Waals surface area contributed by atoms with Gasteiger partial charge in [-0.05, 0) is 32.3 Å². The van der Waals surface area contributed by atoms with Crippen molar-refractivity contribution < 1.29 is 9.59 Å². The van der Waals surface area contributed by atoms with Crippen LogP contribution in [0, 0.1) is 13.8 Å². The normalized spacial score (nSPS) is 14.7. The van der Waals surface area contributed by atoms with Crippen LogP contribution in [0.25, 0.3) is 10.6 Å². The van der Waals surface area contributed by atoms with Gasteiger partial charge in [0.1, 0.15) is 10.7 Å². The number of likely N-dealkylation sites (tertiary alicyclic amines) is 1. The first-order valence-electron chi connectivity index (χ1n) is 10.0. The average Bonchev–Trinajstić information content (AvgIpc) is 3.37. The van der Waals surface area contributed by atoms with Crippen molar-refractivity contribution in [3.63, 3.8) is 0 Å². The lowest BCUT2D eigenvalue weighted by Gasteiger charge is -2.31. The molecule has 1 aliphatic rings. The van der Waals surface area contributed by atoms with Crippen LogP contribution in [0.4, 0.5) is 0 Å². The molecule has 1 aromatic carbocycles. The third kappa shape index (κ3) is 4.28. The van der Waals surface area contributed by atoms with Crippen molar-refractivity contribution >= 4 is 23.2 Å². The van der Waals surface area contributed by atoms with Crippen LogP contribution in [-0.4, -0.2) is 50.6 Å². The van der Waals surface area contributed by atoms with Crippen molar-refractivity contribution in [1.82, 2.24) is 25.0 Å². The summed E-state index contributed by atoms with van der Waals surface area (Å²) in [6.45, 7) is 5.34. The fraction of sp³-hybridized carbons (Fsp3) is 0.364. The number of thiazole rings is 1. The predicted molar refractivity (Wildman–Crippen MR) is 117 cm³/mol. The number of nitrogens with one attached hydrogen (secondary N) is 1. The monoisotopic (exact) mass is 423 g/mol. The summed E-state index contributed by atoms with van der Waals surface area (Å²) in [4.78, 5) is 31.6. The summed E-state index contributed by atoms with van der Waals surface area (Å²) in [5, 5.41) is 9.78. The Morgan fingerprint density at radius 1 is 1.20 bits per heavy atom. The minimum absolute atomic E-state index is 0.0423. The van der Waals surface area contributed by atoms with Gasteiger partial charge in [0.05, 0.1) is 11.8 Å². The number of rotatable bonds is 4. The second-order valence-corrected chi connectivity index (χ2v) is 8.66. The van der Waals surface area contributed by atoms with Gasteiger partial charge in [0.2, 0.25) is 0 Å². The summed E-state index contributed by atoms with van der Waals surface area (Å²) in [7, 11) is 1.78. The van der Waals surface area contributed by atoms with E-state index >= 15 is 0 Å². The van der Waals surface area contributed by atoms with Crippen LogP contribution in [-0.2, 0) is 7.05 Å². The number of carbonyl (C=O) groups excluding carboxylic acids is 2. The first-order chi connectivity index (χ1) is 14.4. The van der Waals surface area contributed by atoms with Gasteiger partial charge >= 0.3 is 0 Å². The first kappa shape index (κ1) is 20.3. The van der Waals surface area contributed by atoms with Gasteiger partial charge in [-0.15, -0.1) is 11.3 Å². The predicted octanol–water partition coefficient (Wildman–Crippen LogP) is 3.20. The smallest absolute Gasteiger partial charge is 0.273 e. The van der Waals surface area contributed by atoms with Crippen molar-refractivity contribution in [3.8, 4) is 10.6 Å². The molecule has 30 heavy (non-hydrogen) atoms. The standard InChI is InChI=1S/C22H25N5O2S/c1-14-4-5-18(15(2)10-14)21-25-19(13-30-21)22(29)27-8-6-17(7-9-27)24-20(28)16-11-23-26(3)12-16/h4-5,10-13,17H,6-9H2,1-3H3,(H,24,28). The van der Waals surface area contributed by atoms with Crippen molar-refractivity contribution in [2.24, 2.45) is 7.05 Å². The van der Waals surface area contributed by atoms with E-state index in [9.17, 15) is 9.59 Å². The van der Waals surface area contributed by atoms with Crippen molar-refractivity contribution in [1.29, 1.82) is 0 Å². The van der Waals surface area contributed by atoms with Gasteiger partial charge in [0.15, 0.2) is 0 Å². The van der Waals surface area contributed by atoms with Crippen LogP contribution in [0.15, 0.2) is 36.0 Å². The highest BCUT2D eigenvalue weighted by molar-refractivity contribution is 7.13. The third-order valence-electron chi connectivity index (χ3n) is 5.42. The zero-order valence-electron chi connectivity index (χ0n) is 17.4. The van der Waals surface area contributed by atoms with Crippen LogP contribution in [0.3, 0.4) is 0 Å². The maximum Gasteiger partial charge on any atom is 0.273 e. The van der Waals surface area contributed by atoms with E-state index in [1.807, 2.05) is 10.3 Å². The number of nitrogens with zero attached hydrogens (tertiary/aromatic N) is 4. The summed E-state index contributed by atoms with van der Waals surface area (Å²) in [5.41, 5.74) is 4.49. The van der Waals surface area contributed by atoms with Crippen LogP contribution >= 0.6 is 11.3 Å². The molecule has 7 nitrogen and oxygen atoms in total. The van der Waals surface area contributed by atoms with Gasteiger partial charge < -0.3 is 10.2 Å². The molecule has 0 aliphatic carbocycles. The van der Waals surface area contributed by atoms with Gasteiger partial charge in [0, 0.05) is 43.3 Å². The highest BCUT2D eigenvalue weighted by Gasteiger charge is 2.26. The second kappa shape index (κ2) is 8.39. The van der Waals surface area contributed by atoms with E-state index in [-0.39, 0.29) is 17.9 Å². The molecule has 0 unspecified atom stereocenters. The van der Waals surface area contributed by atoms with E-state index in [0.29, 0.717) is 24.3 Å². The third-order valence-corrected chi connectivity index (χ3v) is 6.30. The number of carbonyl (C=O) groups is 2. The molecule has 2 aromatic heterocycles. The molecule has 2 amide bonds. The van der Waals surface area contributed by atoms with Gasteiger partial charge in [-0.2, -0.15) is 5.10 Å². The second-order valence-electron chi connectivity index (χ2n) is 7.80. The lowest BCUT2D eigenvalue weighted by Crippen LogP contribution is -2.46. The van der Waals surface area contributed by atoms with Crippen molar-refractivity contribution in [3.05, 3.63) is 58.4 Å². The molecule has 8 heteroatoms. The van der Waals surface area contributed by atoms with Gasteiger partial charge in [-0.3, -0.25) is 14.3 Å². The fourth-order valence-corrected chi connectivity index (χ4v) is 4.63. The number of aryl methyl sites for hydroxylation is 3. The summed E-state index contributed by atoms with van der Waals surface area (Å²) in [6, 6.07) is 6.32. The molecule has 1 aliphatic heterocycles. The van der Waals surface area contributed by atoms with Crippen LogP contribution in [0.2, 0.25) is 0 Å². The maximum absolute atomic E-state index is 12.9. The average molecular weight is 424 g/mol. The Labute approximate surface area is 179 Å². The lowest BCUT2D eigenvalue weighted by atomic mass is 10.0. The van der Waals surface area contributed by atoms with E-state index in [1.54, 1.807) is 24.1 Å². The molecule has 1 fully saturated rings. The molecule has 0 radical (unpaired) electrons. The molecular formula is C22H25N5O2S. The zero-order valence-corrected chi connectivity index (χ0v) is 18.2. The lowest BCUT2D eigenvalue weighted by molar-refractivity contribution is 0.0693. The molecule has 0 saturated carbocycles. The molecule has 1 saturated heterocycles. The van der Waals surface area contributed by atoms with Gasteiger partial charge in [-0.25, -0.2) is 4.98 Å². The molecule has 4 rings (SSSR count). The number of benzene rings is 1. The minimum atomic E-state index is -0.120. The van der Waals surface area contributed by atoms with Crippen LogP contribution in [0.1, 0.15) is 44.8 Å². The van der Waals surface area contributed by atoms with E-state index in [4.69, 9.17) is 0 Å². The van der Waals surface area contributed by atoms with Gasteiger partial charge in [-0.1, -0.05) is 23.8 Å². The number of amides is 2. The van der Waals surface area contributed by atoms with Crippen molar-refractivity contribution in [2.75, 3.05) is 13.1 Å². The fourth-order valence-electron chi connectivity index (χ4n) is 3.75. The van der Waals surface area contributed by atoms with E-state index in [2.05, 4.69) is 47.4 Å². The highest BCUT2D eigenvalue weighted by atomic mass is 32.1. The number of piperidine rings is 1. The molecule has 0 bridgehead atoms. The van der Waals surface area contributed by atoms with Crippen molar-refractivity contribution in [2.45, 2.75) is 32.7 Å². The molecule has 0 spiro atoms. The Bertz CT molecular complexity index is 1080. The van der Waals surface area contributed by atoms with E-state index in [1.165, 1.54) is 16.9 Å². The molecular weight excluding hydrogens is 398 g/mol. The Kier molecular flexibility index (Phi) is 5.67. The van der Waals surface area contributed by atoms with E-state index in [0.717, 1.165) is 29.0 Å². The Morgan fingerprint density at radius 2 is 1.97 bits per heavy atom. The summed E-state index contributed by atoms with van der Waals surface area (Å²) >= 11 is 1.50. The Morgan fingerprint density at radius 3 is 2.63 bits per heavy atom. The van der Waals surface area contributed by atoms with E-state index < -0.39 is 0 Å². The molecule has 156 valence electrons. The van der Waals surface area contributed by atoms with Crippen LogP contribution < -0.4 is 5.32 Å². The minimum Gasteiger partial charge on any atom is -0.349 e. The maximum atomic E-state index is 12.9. The Hall–Kier alpha value is -3.00. The van der Waals surface area contributed by atoms with Gasteiger partial charge in [0.25, 0.3) is 11.8 Å². The summed E-state index contributed by atoms with van der Waals surface area (Å²) in [6.07, 6.45) is 4.71. The Balaban J connectivity index is 1.35. The quantitative estimate of drug-likeness (QED) is 0.699. The molecule has 0 atom stereocenters. The molecule has 1 N–H and O–H groups in total. The highest BCUT2D eigenvalue weighted by Crippen LogP contribution is 2.28. The summed E-state index contributed by atoms with van der Waals surface area (Å²) in [5.74, 6) is -0.162. The largest absolute Gasteiger partial charge is 0.349 e. The number of hydrogen-bond acceptors (Lipinski definition) is 5. The SMILES string of the molecule is Cc1ccc(-c2nc(C(=O)N3CCC(NC(=O)c4cnn(C)c4)CC3)cs2)c(C)c1. The molecule has 3 aromatic rings. The topological polar surface area (TPSA) is 80.1 Å². The zero-order chi connectivity index (χ0) is 21.3. The first-order valence-corrected chi connectivity index (χ1v) is 10.9. The van der Waals surface area contributed by atoms with Crippen LogP contribution in [0.5, 0.6) is 0 Å². The summed E-state index contributed by atoms with van der Waals surface area (Å²) < 4.78 is 1.61. The molecule has 3 heterocycles. The number of aromatic nitrogens is 3. The number of hydrogen-bond donors (Lipinski definition) is 1.